The summed E-state index contributed by atoms with van der Waals surface area (Å²) in [4.78, 5) is 13.8. The zero-order valence-corrected chi connectivity index (χ0v) is 14.5. The molecule has 1 aromatic rings. The molecule has 0 aliphatic heterocycles. The Morgan fingerprint density at radius 2 is 2.05 bits per heavy atom. The van der Waals surface area contributed by atoms with Gasteiger partial charge in [-0.25, -0.2) is 4.39 Å². The van der Waals surface area contributed by atoms with Gasteiger partial charge < -0.3 is 16.0 Å². The Morgan fingerprint density at radius 1 is 1.41 bits per heavy atom. The number of rotatable bonds is 7. The maximum Gasteiger partial charge on any atom is 0.237 e. The number of amides is 1. The Morgan fingerprint density at radius 3 is 2.59 bits per heavy atom. The summed E-state index contributed by atoms with van der Waals surface area (Å²) >= 11 is 0. The molecule has 3 N–H and O–H groups in total. The van der Waals surface area contributed by atoms with Crippen molar-refractivity contribution in [3.63, 3.8) is 0 Å². The first-order chi connectivity index (χ1) is 9.85. The fourth-order valence-electron chi connectivity index (χ4n) is 2.02. The Bertz CT molecular complexity index is 482. The van der Waals surface area contributed by atoms with Gasteiger partial charge in [0.05, 0.1) is 6.04 Å². The third-order valence-corrected chi connectivity index (χ3v) is 3.62. The molecule has 126 valence electrons. The van der Waals surface area contributed by atoms with Crippen LogP contribution >= 0.6 is 12.4 Å². The lowest BCUT2D eigenvalue weighted by molar-refractivity contribution is -0.123. The number of benzene rings is 1. The van der Waals surface area contributed by atoms with Crippen molar-refractivity contribution in [2.45, 2.75) is 39.4 Å². The van der Waals surface area contributed by atoms with Gasteiger partial charge in [0.15, 0.2) is 0 Å². The lowest BCUT2D eigenvalue weighted by atomic mass is 9.99. The molecule has 1 amide bonds. The second-order valence-electron chi connectivity index (χ2n) is 5.79. The van der Waals surface area contributed by atoms with Crippen LogP contribution in [0.2, 0.25) is 0 Å². The third kappa shape index (κ3) is 6.30. The fraction of sp³-hybridized carbons (Fsp3) is 0.562. The second kappa shape index (κ2) is 9.77. The van der Waals surface area contributed by atoms with Gasteiger partial charge in [-0.2, -0.15) is 0 Å². The Kier molecular flexibility index (Phi) is 9.25. The molecule has 0 aliphatic rings. The first kappa shape index (κ1) is 20.8. The molecular formula is C16H27ClFN3O. The number of carbonyl (C=O) groups excluding carboxylic acids is 1. The number of nitrogens with zero attached hydrogens (tertiary/aromatic N) is 1. The van der Waals surface area contributed by atoms with E-state index in [4.69, 9.17) is 5.73 Å². The van der Waals surface area contributed by atoms with Gasteiger partial charge in [0.2, 0.25) is 5.91 Å². The molecule has 1 rings (SSSR count). The third-order valence-electron chi connectivity index (χ3n) is 3.62. The Balaban J connectivity index is 0.00000441. The standard InChI is InChI=1S/C16H26FN3O.ClH/c1-5-11(2)15(18)16(21)19-9-12-6-7-14(17)13(8-12)10-20(3)4;/h6-8,11,15H,5,9-10,18H2,1-4H3,(H,19,21);1H. The fourth-order valence-corrected chi connectivity index (χ4v) is 2.02. The SMILES string of the molecule is CCC(C)C(N)C(=O)NCc1ccc(F)c(CN(C)C)c1.Cl. The van der Waals surface area contributed by atoms with Crippen LogP contribution in [0.4, 0.5) is 4.39 Å². The van der Waals surface area contributed by atoms with E-state index >= 15 is 0 Å². The van der Waals surface area contributed by atoms with Gasteiger partial charge in [-0.1, -0.05) is 26.3 Å². The highest BCUT2D eigenvalue weighted by Crippen LogP contribution is 2.12. The van der Waals surface area contributed by atoms with Crippen LogP contribution in [-0.2, 0) is 17.9 Å². The van der Waals surface area contributed by atoms with Gasteiger partial charge in [-0.05, 0) is 37.7 Å². The van der Waals surface area contributed by atoms with Gasteiger partial charge >= 0.3 is 0 Å². The van der Waals surface area contributed by atoms with Gasteiger partial charge in [0.1, 0.15) is 5.82 Å². The number of hydrogen-bond donors (Lipinski definition) is 2. The minimum absolute atomic E-state index is 0. The smallest absolute Gasteiger partial charge is 0.237 e. The van der Waals surface area contributed by atoms with E-state index in [9.17, 15) is 9.18 Å². The molecule has 2 unspecified atom stereocenters. The zero-order chi connectivity index (χ0) is 16.0. The number of carbonyl (C=O) groups is 1. The first-order valence-corrected chi connectivity index (χ1v) is 7.30. The summed E-state index contributed by atoms with van der Waals surface area (Å²) < 4.78 is 13.7. The van der Waals surface area contributed by atoms with Crippen LogP contribution in [0.25, 0.3) is 0 Å². The summed E-state index contributed by atoms with van der Waals surface area (Å²) in [7, 11) is 3.78. The van der Waals surface area contributed by atoms with Gasteiger partial charge in [-0.3, -0.25) is 4.79 Å². The van der Waals surface area contributed by atoms with Crippen molar-refractivity contribution in [3.05, 3.63) is 35.1 Å². The summed E-state index contributed by atoms with van der Waals surface area (Å²) in [6, 6.07) is 4.40. The van der Waals surface area contributed by atoms with Crippen LogP contribution in [0.5, 0.6) is 0 Å². The van der Waals surface area contributed by atoms with Gasteiger partial charge in [0.25, 0.3) is 0 Å². The van der Waals surface area contributed by atoms with E-state index in [1.54, 1.807) is 12.1 Å². The summed E-state index contributed by atoms with van der Waals surface area (Å²) in [5.74, 6) is -0.250. The van der Waals surface area contributed by atoms with E-state index in [-0.39, 0.29) is 30.0 Å². The minimum atomic E-state index is -0.503. The first-order valence-electron chi connectivity index (χ1n) is 7.30. The minimum Gasteiger partial charge on any atom is -0.351 e. The number of nitrogens with two attached hydrogens (primary N) is 1. The Labute approximate surface area is 138 Å². The van der Waals surface area contributed by atoms with Crippen molar-refractivity contribution >= 4 is 18.3 Å². The molecule has 0 bridgehead atoms. The average molecular weight is 332 g/mol. The average Bonchev–Trinajstić information content (AvgIpc) is 2.45. The molecule has 0 aromatic heterocycles. The molecule has 2 atom stereocenters. The van der Waals surface area contributed by atoms with Crippen molar-refractivity contribution < 1.29 is 9.18 Å². The van der Waals surface area contributed by atoms with Gasteiger partial charge in [0, 0.05) is 18.7 Å². The summed E-state index contributed by atoms with van der Waals surface area (Å²) in [6.07, 6.45) is 0.859. The molecule has 0 aliphatic carbocycles. The van der Waals surface area contributed by atoms with E-state index < -0.39 is 6.04 Å². The molecule has 0 heterocycles. The molecule has 0 saturated heterocycles. The van der Waals surface area contributed by atoms with Crippen LogP contribution in [0.15, 0.2) is 18.2 Å². The van der Waals surface area contributed by atoms with Gasteiger partial charge in [-0.15, -0.1) is 12.4 Å². The lowest BCUT2D eigenvalue weighted by Gasteiger charge is -2.18. The molecule has 6 heteroatoms. The largest absolute Gasteiger partial charge is 0.351 e. The highest BCUT2D eigenvalue weighted by atomic mass is 35.5. The molecule has 22 heavy (non-hydrogen) atoms. The Hall–Kier alpha value is -1.17. The van der Waals surface area contributed by atoms with Crippen LogP contribution in [0, 0.1) is 11.7 Å². The van der Waals surface area contributed by atoms with Crippen LogP contribution < -0.4 is 11.1 Å². The zero-order valence-electron chi connectivity index (χ0n) is 13.7. The second-order valence-corrected chi connectivity index (χ2v) is 5.79. The maximum absolute atomic E-state index is 13.7. The highest BCUT2D eigenvalue weighted by molar-refractivity contribution is 5.85. The number of halogens is 2. The van der Waals surface area contributed by atoms with Crippen molar-refractivity contribution in [2.75, 3.05) is 14.1 Å². The van der Waals surface area contributed by atoms with E-state index in [0.29, 0.717) is 18.7 Å². The quantitative estimate of drug-likeness (QED) is 0.806. The molecule has 0 saturated carbocycles. The van der Waals surface area contributed by atoms with Crippen LogP contribution in [-0.4, -0.2) is 30.9 Å². The van der Waals surface area contributed by atoms with Crippen molar-refractivity contribution in [1.82, 2.24) is 10.2 Å². The van der Waals surface area contributed by atoms with Crippen LogP contribution in [0.3, 0.4) is 0 Å². The monoisotopic (exact) mass is 331 g/mol. The highest BCUT2D eigenvalue weighted by Gasteiger charge is 2.18. The lowest BCUT2D eigenvalue weighted by Crippen LogP contribution is -2.44. The molecule has 0 spiro atoms. The van der Waals surface area contributed by atoms with Crippen molar-refractivity contribution in [3.8, 4) is 0 Å². The predicted octanol–water partition coefficient (Wildman–Crippen LogP) is 2.30. The molecule has 1 aromatic carbocycles. The summed E-state index contributed by atoms with van der Waals surface area (Å²) in [6.45, 7) is 4.85. The molecule has 0 radical (unpaired) electrons. The van der Waals surface area contributed by atoms with Crippen molar-refractivity contribution in [1.29, 1.82) is 0 Å². The van der Waals surface area contributed by atoms with Crippen molar-refractivity contribution in [2.24, 2.45) is 11.7 Å². The number of nitrogens with one attached hydrogen (secondary N) is 1. The molecular weight excluding hydrogens is 305 g/mol. The summed E-state index contributed by atoms with van der Waals surface area (Å²) in [5.41, 5.74) is 7.37. The van der Waals surface area contributed by atoms with E-state index in [1.807, 2.05) is 32.8 Å². The molecule has 4 nitrogen and oxygen atoms in total. The number of hydrogen-bond acceptors (Lipinski definition) is 3. The maximum atomic E-state index is 13.7. The van der Waals surface area contributed by atoms with E-state index in [0.717, 1.165) is 12.0 Å². The topological polar surface area (TPSA) is 58.4 Å². The predicted molar refractivity (Wildman–Crippen MR) is 90.3 cm³/mol. The van der Waals surface area contributed by atoms with E-state index in [2.05, 4.69) is 5.32 Å². The summed E-state index contributed by atoms with van der Waals surface area (Å²) in [5, 5.41) is 2.81. The molecule has 0 fully saturated rings. The normalized spacial score (nSPS) is 13.4. The van der Waals surface area contributed by atoms with Crippen LogP contribution in [0.1, 0.15) is 31.4 Å². The van der Waals surface area contributed by atoms with E-state index in [1.165, 1.54) is 6.07 Å².